The third-order valence-corrected chi connectivity index (χ3v) is 3.44. The van der Waals surface area contributed by atoms with E-state index in [-0.39, 0.29) is 11.2 Å². The first kappa shape index (κ1) is 16.0. The SMILES string of the molecule is CC(=O)c1cccc(OC(=O)c2ccc(C(C)(C)C)cc2)c1. The summed E-state index contributed by atoms with van der Waals surface area (Å²) in [5, 5.41) is 0. The maximum atomic E-state index is 12.1. The van der Waals surface area contributed by atoms with Gasteiger partial charge in [0.05, 0.1) is 5.56 Å². The predicted octanol–water partition coefficient (Wildman–Crippen LogP) is 4.41. The van der Waals surface area contributed by atoms with Gasteiger partial charge in [-0.3, -0.25) is 4.79 Å². The third-order valence-electron chi connectivity index (χ3n) is 3.44. The molecule has 0 bridgehead atoms. The summed E-state index contributed by atoms with van der Waals surface area (Å²) in [6, 6.07) is 14.0. The van der Waals surface area contributed by atoms with E-state index in [1.54, 1.807) is 36.4 Å². The van der Waals surface area contributed by atoms with Crippen molar-refractivity contribution in [3.05, 3.63) is 65.2 Å². The molecule has 22 heavy (non-hydrogen) atoms. The second-order valence-electron chi connectivity index (χ2n) is 6.30. The minimum Gasteiger partial charge on any atom is -0.423 e. The van der Waals surface area contributed by atoms with Gasteiger partial charge in [-0.25, -0.2) is 4.79 Å². The van der Waals surface area contributed by atoms with Gasteiger partial charge in [0.25, 0.3) is 0 Å². The van der Waals surface area contributed by atoms with E-state index in [9.17, 15) is 9.59 Å². The van der Waals surface area contributed by atoms with Crippen molar-refractivity contribution >= 4 is 11.8 Å². The normalized spacial score (nSPS) is 11.1. The Morgan fingerprint density at radius 2 is 1.55 bits per heavy atom. The molecule has 0 amide bonds. The number of Topliss-reactive ketones (excluding diaryl/α,β-unsaturated/α-hetero) is 1. The molecule has 2 aromatic rings. The fourth-order valence-electron chi connectivity index (χ4n) is 2.05. The number of hydrogen-bond acceptors (Lipinski definition) is 3. The maximum absolute atomic E-state index is 12.1. The van der Waals surface area contributed by atoms with Crippen LogP contribution in [0.1, 0.15) is 54.0 Å². The van der Waals surface area contributed by atoms with Crippen molar-refractivity contribution in [2.45, 2.75) is 33.1 Å². The highest BCUT2D eigenvalue weighted by Crippen LogP contribution is 2.23. The summed E-state index contributed by atoms with van der Waals surface area (Å²) in [6.07, 6.45) is 0. The Labute approximate surface area is 130 Å². The number of hydrogen-bond donors (Lipinski definition) is 0. The Morgan fingerprint density at radius 3 is 2.09 bits per heavy atom. The molecule has 114 valence electrons. The van der Waals surface area contributed by atoms with Crippen LogP contribution in [0.25, 0.3) is 0 Å². The summed E-state index contributed by atoms with van der Waals surface area (Å²) in [6.45, 7) is 7.83. The number of rotatable bonds is 3. The van der Waals surface area contributed by atoms with Crippen LogP contribution in [-0.2, 0) is 5.41 Å². The van der Waals surface area contributed by atoms with E-state index in [1.165, 1.54) is 6.92 Å². The lowest BCUT2D eigenvalue weighted by Gasteiger charge is -2.18. The van der Waals surface area contributed by atoms with Gasteiger partial charge in [0.2, 0.25) is 0 Å². The van der Waals surface area contributed by atoms with Crippen LogP contribution in [0.5, 0.6) is 5.75 Å². The van der Waals surface area contributed by atoms with Gasteiger partial charge in [0.15, 0.2) is 5.78 Å². The second-order valence-corrected chi connectivity index (χ2v) is 6.30. The molecule has 0 fully saturated rings. The topological polar surface area (TPSA) is 43.4 Å². The maximum Gasteiger partial charge on any atom is 0.343 e. The zero-order chi connectivity index (χ0) is 16.3. The van der Waals surface area contributed by atoms with Crippen LogP contribution >= 0.6 is 0 Å². The average molecular weight is 296 g/mol. The molecule has 0 saturated heterocycles. The standard InChI is InChI=1S/C19H20O3/c1-13(20)15-6-5-7-17(12-15)22-18(21)14-8-10-16(11-9-14)19(2,3)4/h5-12H,1-4H3. The average Bonchev–Trinajstić information content (AvgIpc) is 2.46. The molecule has 0 aliphatic rings. The van der Waals surface area contributed by atoms with E-state index in [1.807, 2.05) is 12.1 Å². The van der Waals surface area contributed by atoms with Crippen LogP contribution < -0.4 is 4.74 Å². The van der Waals surface area contributed by atoms with Gasteiger partial charge < -0.3 is 4.74 Å². The molecular weight excluding hydrogens is 276 g/mol. The summed E-state index contributed by atoms with van der Waals surface area (Å²) >= 11 is 0. The molecule has 2 rings (SSSR count). The van der Waals surface area contributed by atoms with Crippen molar-refractivity contribution < 1.29 is 14.3 Å². The van der Waals surface area contributed by atoms with Crippen molar-refractivity contribution in [2.75, 3.05) is 0 Å². The molecule has 2 aromatic carbocycles. The highest BCUT2D eigenvalue weighted by atomic mass is 16.5. The minimum atomic E-state index is -0.429. The number of ketones is 1. The van der Waals surface area contributed by atoms with E-state index in [4.69, 9.17) is 4.74 Å². The summed E-state index contributed by atoms with van der Waals surface area (Å²) in [4.78, 5) is 23.5. The molecule has 0 aliphatic carbocycles. The first-order valence-corrected chi connectivity index (χ1v) is 7.21. The van der Waals surface area contributed by atoms with Gasteiger partial charge in [-0.2, -0.15) is 0 Å². The van der Waals surface area contributed by atoms with Gasteiger partial charge in [-0.15, -0.1) is 0 Å². The van der Waals surface area contributed by atoms with Crippen LogP contribution in [0.15, 0.2) is 48.5 Å². The Morgan fingerprint density at radius 1 is 0.909 bits per heavy atom. The van der Waals surface area contributed by atoms with Crippen molar-refractivity contribution in [2.24, 2.45) is 0 Å². The Bertz CT molecular complexity index is 691. The van der Waals surface area contributed by atoms with Gasteiger partial charge >= 0.3 is 5.97 Å². The molecule has 0 aliphatic heterocycles. The highest BCUT2D eigenvalue weighted by molar-refractivity contribution is 5.95. The second kappa shape index (κ2) is 6.14. The van der Waals surface area contributed by atoms with Gasteiger partial charge in [-0.1, -0.05) is 45.0 Å². The summed E-state index contributed by atoms with van der Waals surface area (Å²) < 4.78 is 5.33. The smallest absolute Gasteiger partial charge is 0.343 e. The predicted molar refractivity (Wildman–Crippen MR) is 86.5 cm³/mol. The first-order valence-electron chi connectivity index (χ1n) is 7.21. The molecule has 3 heteroatoms. The van der Waals surface area contributed by atoms with Crippen molar-refractivity contribution in [3.8, 4) is 5.75 Å². The molecule has 0 unspecified atom stereocenters. The lowest BCUT2D eigenvalue weighted by Crippen LogP contribution is -2.13. The van der Waals surface area contributed by atoms with Crippen molar-refractivity contribution in [3.63, 3.8) is 0 Å². The van der Waals surface area contributed by atoms with Crippen LogP contribution in [0, 0.1) is 0 Å². The Hall–Kier alpha value is -2.42. The lowest BCUT2D eigenvalue weighted by atomic mass is 9.87. The highest BCUT2D eigenvalue weighted by Gasteiger charge is 2.15. The van der Waals surface area contributed by atoms with E-state index in [0.717, 1.165) is 5.56 Å². The molecule has 3 nitrogen and oxygen atoms in total. The quantitative estimate of drug-likeness (QED) is 0.479. The van der Waals surface area contributed by atoms with Crippen LogP contribution in [-0.4, -0.2) is 11.8 Å². The van der Waals surface area contributed by atoms with Gasteiger partial charge in [-0.05, 0) is 42.2 Å². The number of benzene rings is 2. The zero-order valence-electron chi connectivity index (χ0n) is 13.3. The Balaban J connectivity index is 2.15. The van der Waals surface area contributed by atoms with E-state index < -0.39 is 5.97 Å². The largest absolute Gasteiger partial charge is 0.423 e. The molecule has 0 atom stereocenters. The number of ether oxygens (including phenoxy) is 1. The summed E-state index contributed by atoms with van der Waals surface area (Å²) in [5.74, 6) is -0.119. The fourth-order valence-corrected chi connectivity index (χ4v) is 2.05. The molecule has 0 radical (unpaired) electrons. The van der Waals surface area contributed by atoms with Crippen LogP contribution in [0.3, 0.4) is 0 Å². The fraction of sp³-hybridized carbons (Fsp3) is 0.263. The molecule has 0 aromatic heterocycles. The number of carbonyl (C=O) groups excluding carboxylic acids is 2. The molecule has 0 N–H and O–H groups in total. The van der Waals surface area contributed by atoms with Crippen molar-refractivity contribution in [1.82, 2.24) is 0 Å². The number of carbonyl (C=O) groups is 2. The molecular formula is C19H20O3. The van der Waals surface area contributed by atoms with Gasteiger partial charge in [0.1, 0.15) is 5.75 Å². The third kappa shape index (κ3) is 3.82. The lowest BCUT2D eigenvalue weighted by molar-refractivity contribution is 0.0733. The van der Waals surface area contributed by atoms with E-state index >= 15 is 0 Å². The van der Waals surface area contributed by atoms with E-state index in [2.05, 4.69) is 20.8 Å². The first-order chi connectivity index (χ1) is 10.3. The molecule has 0 spiro atoms. The molecule has 0 saturated carbocycles. The zero-order valence-corrected chi connectivity index (χ0v) is 13.3. The van der Waals surface area contributed by atoms with Crippen LogP contribution in [0.4, 0.5) is 0 Å². The molecule has 0 heterocycles. The summed E-state index contributed by atoms with van der Waals surface area (Å²) in [7, 11) is 0. The van der Waals surface area contributed by atoms with E-state index in [0.29, 0.717) is 16.9 Å². The monoisotopic (exact) mass is 296 g/mol. The Kier molecular flexibility index (Phi) is 4.45. The minimum absolute atomic E-state index is 0.0399. The number of esters is 1. The summed E-state index contributed by atoms with van der Waals surface area (Å²) in [5.41, 5.74) is 2.20. The van der Waals surface area contributed by atoms with Gasteiger partial charge in [0, 0.05) is 5.56 Å². The van der Waals surface area contributed by atoms with Crippen LogP contribution in [0.2, 0.25) is 0 Å². The van der Waals surface area contributed by atoms with Crippen molar-refractivity contribution in [1.29, 1.82) is 0 Å².